The predicted octanol–water partition coefficient (Wildman–Crippen LogP) is 3.01. The second kappa shape index (κ2) is 4.35. The van der Waals surface area contributed by atoms with E-state index in [2.05, 4.69) is 24.8 Å². The van der Waals surface area contributed by atoms with E-state index in [0.29, 0.717) is 5.25 Å². The summed E-state index contributed by atoms with van der Waals surface area (Å²) in [5.74, 6) is 1.62. The Bertz CT molecular complexity index is 363. The summed E-state index contributed by atoms with van der Waals surface area (Å²) >= 11 is 4.59. The number of benzene rings is 1. The predicted molar refractivity (Wildman–Crippen MR) is 64.2 cm³/mol. The highest BCUT2D eigenvalue weighted by Crippen LogP contribution is 2.40. The molecule has 82 valence electrons. The van der Waals surface area contributed by atoms with Gasteiger partial charge in [0.25, 0.3) is 0 Å². The van der Waals surface area contributed by atoms with Crippen LogP contribution in [0, 0.1) is 0 Å². The Morgan fingerprint density at radius 3 is 2.53 bits per heavy atom. The third-order valence-electron chi connectivity index (χ3n) is 2.93. The van der Waals surface area contributed by atoms with Crippen LogP contribution in [0.2, 0.25) is 0 Å². The summed E-state index contributed by atoms with van der Waals surface area (Å²) in [5, 5.41) is 0.341. The zero-order valence-corrected chi connectivity index (χ0v) is 10.0. The molecular weight excluding hydrogens is 208 g/mol. The van der Waals surface area contributed by atoms with Crippen LogP contribution in [0.3, 0.4) is 0 Å². The molecule has 0 amide bonds. The molecule has 0 fully saturated rings. The molecule has 1 aliphatic rings. The van der Waals surface area contributed by atoms with Gasteiger partial charge in [0.05, 0.1) is 14.2 Å². The first-order valence-corrected chi connectivity index (χ1v) is 5.70. The third kappa shape index (κ3) is 1.93. The van der Waals surface area contributed by atoms with Gasteiger partial charge in [0.1, 0.15) is 0 Å². The van der Waals surface area contributed by atoms with Gasteiger partial charge in [-0.1, -0.05) is 0 Å². The molecule has 0 bridgehead atoms. The van der Waals surface area contributed by atoms with Gasteiger partial charge in [-0.25, -0.2) is 0 Å². The van der Waals surface area contributed by atoms with Gasteiger partial charge < -0.3 is 9.47 Å². The van der Waals surface area contributed by atoms with Gasteiger partial charge in [0.15, 0.2) is 11.5 Å². The lowest BCUT2D eigenvalue weighted by Gasteiger charge is -2.23. The van der Waals surface area contributed by atoms with Crippen molar-refractivity contribution in [2.75, 3.05) is 14.2 Å². The van der Waals surface area contributed by atoms with Crippen LogP contribution in [0.4, 0.5) is 0 Å². The molecule has 1 aromatic rings. The maximum atomic E-state index is 5.29. The fraction of sp³-hybridized carbons (Fsp3) is 0.500. The summed E-state index contributed by atoms with van der Waals surface area (Å²) < 4.78 is 10.6. The zero-order chi connectivity index (χ0) is 10.8. The Morgan fingerprint density at radius 2 is 1.87 bits per heavy atom. The Morgan fingerprint density at radius 1 is 1.20 bits per heavy atom. The molecule has 0 heterocycles. The molecular formula is C12H16O2S. The lowest BCUT2D eigenvalue weighted by molar-refractivity contribution is 0.353. The maximum Gasteiger partial charge on any atom is 0.161 e. The Labute approximate surface area is 96.0 Å². The Kier molecular flexibility index (Phi) is 3.10. The van der Waals surface area contributed by atoms with E-state index in [-0.39, 0.29) is 0 Å². The van der Waals surface area contributed by atoms with Crippen molar-refractivity contribution >= 4 is 12.6 Å². The van der Waals surface area contributed by atoms with E-state index in [1.807, 2.05) is 0 Å². The monoisotopic (exact) mass is 224 g/mol. The van der Waals surface area contributed by atoms with Gasteiger partial charge in [-0.2, -0.15) is 12.6 Å². The Balaban J connectivity index is 2.48. The molecule has 0 radical (unpaired) electrons. The fourth-order valence-electron chi connectivity index (χ4n) is 2.10. The van der Waals surface area contributed by atoms with Gasteiger partial charge >= 0.3 is 0 Å². The zero-order valence-electron chi connectivity index (χ0n) is 9.12. The van der Waals surface area contributed by atoms with Gasteiger partial charge in [-0.05, 0) is 42.5 Å². The molecule has 0 N–H and O–H groups in total. The van der Waals surface area contributed by atoms with Crippen LogP contribution in [0.15, 0.2) is 12.1 Å². The minimum absolute atomic E-state index is 0.341. The number of hydrogen-bond donors (Lipinski definition) is 1. The van der Waals surface area contributed by atoms with Crippen LogP contribution in [-0.4, -0.2) is 14.2 Å². The molecule has 2 rings (SSSR count). The van der Waals surface area contributed by atoms with Crippen molar-refractivity contribution in [1.29, 1.82) is 0 Å². The number of aryl methyl sites for hydroxylation is 1. The highest BCUT2D eigenvalue weighted by atomic mass is 32.1. The van der Waals surface area contributed by atoms with Crippen molar-refractivity contribution < 1.29 is 9.47 Å². The third-order valence-corrected chi connectivity index (χ3v) is 3.46. The number of ether oxygens (including phenoxy) is 2. The average Bonchev–Trinajstić information content (AvgIpc) is 2.28. The molecule has 1 unspecified atom stereocenters. The summed E-state index contributed by atoms with van der Waals surface area (Å²) in [4.78, 5) is 0. The van der Waals surface area contributed by atoms with Crippen LogP contribution in [0.1, 0.15) is 29.2 Å². The van der Waals surface area contributed by atoms with Crippen molar-refractivity contribution in [3.05, 3.63) is 23.3 Å². The molecule has 3 heteroatoms. The summed E-state index contributed by atoms with van der Waals surface area (Å²) in [6, 6.07) is 4.14. The molecule has 1 aliphatic carbocycles. The van der Waals surface area contributed by atoms with E-state index in [9.17, 15) is 0 Å². The first kappa shape index (κ1) is 10.7. The van der Waals surface area contributed by atoms with E-state index in [1.54, 1.807) is 14.2 Å². The van der Waals surface area contributed by atoms with E-state index >= 15 is 0 Å². The summed E-state index contributed by atoms with van der Waals surface area (Å²) in [7, 11) is 3.34. The topological polar surface area (TPSA) is 18.5 Å². The summed E-state index contributed by atoms with van der Waals surface area (Å²) in [6.45, 7) is 0. The normalized spacial score (nSPS) is 19.5. The van der Waals surface area contributed by atoms with Gasteiger partial charge in [0.2, 0.25) is 0 Å². The van der Waals surface area contributed by atoms with Crippen molar-refractivity contribution in [3.8, 4) is 11.5 Å². The molecule has 1 atom stereocenters. The van der Waals surface area contributed by atoms with Gasteiger partial charge in [-0.15, -0.1) is 0 Å². The SMILES string of the molecule is COc1cc2c(cc1OC)C(S)CCC2. The molecule has 1 aromatic carbocycles. The van der Waals surface area contributed by atoms with Gasteiger partial charge in [0, 0.05) is 5.25 Å². The quantitative estimate of drug-likeness (QED) is 0.778. The number of rotatable bonds is 2. The average molecular weight is 224 g/mol. The standard InChI is InChI=1S/C12H16O2S/c1-13-10-6-8-4-3-5-12(15)9(8)7-11(10)14-2/h6-7,12,15H,3-5H2,1-2H3. The van der Waals surface area contributed by atoms with Crippen LogP contribution in [0.25, 0.3) is 0 Å². The molecule has 0 aliphatic heterocycles. The van der Waals surface area contributed by atoms with E-state index in [0.717, 1.165) is 24.3 Å². The van der Waals surface area contributed by atoms with Gasteiger partial charge in [-0.3, -0.25) is 0 Å². The lowest BCUT2D eigenvalue weighted by atomic mass is 9.91. The van der Waals surface area contributed by atoms with Crippen molar-refractivity contribution in [2.24, 2.45) is 0 Å². The van der Waals surface area contributed by atoms with Crippen molar-refractivity contribution in [3.63, 3.8) is 0 Å². The minimum atomic E-state index is 0.341. The summed E-state index contributed by atoms with van der Waals surface area (Å²) in [5.41, 5.74) is 2.64. The molecule has 15 heavy (non-hydrogen) atoms. The van der Waals surface area contributed by atoms with E-state index in [1.165, 1.54) is 17.5 Å². The van der Waals surface area contributed by atoms with E-state index in [4.69, 9.17) is 9.47 Å². The largest absolute Gasteiger partial charge is 0.493 e. The first-order valence-electron chi connectivity index (χ1n) is 5.19. The fourth-order valence-corrected chi connectivity index (χ4v) is 2.53. The minimum Gasteiger partial charge on any atom is -0.493 e. The van der Waals surface area contributed by atoms with Crippen molar-refractivity contribution in [1.82, 2.24) is 0 Å². The maximum absolute atomic E-state index is 5.29. The highest BCUT2D eigenvalue weighted by Gasteiger charge is 2.20. The smallest absolute Gasteiger partial charge is 0.161 e. The number of methoxy groups -OCH3 is 2. The highest BCUT2D eigenvalue weighted by molar-refractivity contribution is 7.80. The Hall–Kier alpha value is -0.830. The lowest BCUT2D eigenvalue weighted by Crippen LogP contribution is -2.06. The second-order valence-electron chi connectivity index (χ2n) is 3.81. The second-order valence-corrected chi connectivity index (χ2v) is 4.44. The van der Waals surface area contributed by atoms with Crippen LogP contribution in [-0.2, 0) is 6.42 Å². The molecule has 0 saturated carbocycles. The number of hydrogen-bond acceptors (Lipinski definition) is 3. The molecule has 2 nitrogen and oxygen atoms in total. The van der Waals surface area contributed by atoms with Crippen LogP contribution >= 0.6 is 12.6 Å². The molecule has 0 saturated heterocycles. The summed E-state index contributed by atoms with van der Waals surface area (Å²) in [6.07, 6.45) is 3.47. The van der Waals surface area contributed by atoms with Crippen LogP contribution < -0.4 is 9.47 Å². The molecule has 0 aromatic heterocycles. The van der Waals surface area contributed by atoms with Crippen LogP contribution in [0.5, 0.6) is 11.5 Å². The number of fused-ring (bicyclic) bond motifs is 1. The molecule has 0 spiro atoms. The number of thiol groups is 1. The van der Waals surface area contributed by atoms with E-state index < -0.39 is 0 Å². The first-order chi connectivity index (χ1) is 7.26. The van der Waals surface area contributed by atoms with Crippen molar-refractivity contribution in [2.45, 2.75) is 24.5 Å².